The Morgan fingerprint density at radius 2 is 2.00 bits per heavy atom. The molecule has 0 aromatic rings. The predicted molar refractivity (Wildman–Crippen MR) is 56.4 cm³/mol. The molecule has 0 spiro atoms. The number of amides is 1. The molecule has 86 valence electrons. The van der Waals surface area contributed by atoms with Gasteiger partial charge in [-0.2, -0.15) is 0 Å². The zero-order chi connectivity index (χ0) is 11.6. The van der Waals surface area contributed by atoms with Gasteiger partial charge in [-0.1, -0.05) is 20.8 Å². The first-order valence-corrected chi connectivity index (χ1v) is 5.30. The van der Waals surface area contributed by atoms with Gasteiger partial charge >= 0.3 is 5.97 Å². The van der Waals surface area contributed by atoms with Crippen molar-refractivity contribution in [3.05, 3.63) is 0 Å². The van der Waals surface area contributed by atoms with Gasteiger partial charge in [0, 0.05) is 19.5 Å². The molecule has 0 radical (unpaired) electrons. The van der Waals surface area contributed by atoms with Gasteiger partial charge < -0.3 is 10.0 Å². The highest BCUT2D eigenvalue weighted by atomic mass is 16.4. The van der Waals surface area contributed by atoms with Crippen molar-refractivity contribution in [1.29, 1.82) is 0 Å². The van der Waals surface area contributed by atoms with Crippen LogP contribution in [-0.2, 0) is 9.59 Å². The molecule has 1 aliphatic rings. The van der Waals surface area contributed by atoms with Crippen molar-refractivity contribution >= 4 is 11.9 Å². The van der Waals surface area contributed by atoms with Crippen LogP contribution in [0.3, 0.4) is 0 Å². The van der Waals surface area contributed by atoms with E-state index in [4.69, 9.17) is 5.11 Å². The fourth-order valence-electron chi connectivity index (χ4n) is 1.75. The normalized spacial score (nSPS) is 21.8. The molecule has 0 aliphatic carbocycles. The molecule has 1 saturated heterocycles. The maximum absolute atomic E-state index is 11.8. The summed E-state index contributed by atoms with van der Waals surface area (Å²) in [5.74, 6) is -1.08. The Morgan fingerprint density at radius 1 is 1.40 bits per heavy atom. The second kappa shape index (κ2) is 4.21. The van der Waals surface area contributed by atoms with E-state index >= 15 is 0 Å². The van der Waals surface area contributed by atoms with Gasteiger partial charge in [-0.15, -0.1) is 0 Å². The van der Waals surface area contributed by atoms with Crippen molar-refractivity contribution in [2.75, 3.05) is 13.1 Å². The maximum Gasteiger partial charge on any atom is 0.308 e. The summed E-state index contributed by atoms with van der Waals surface area (Å²) in [6, 6.07) is 0. The maximum atomic E-state index is 11.8. The summed E-state index contributed by atoms with van der Waals surface area (Å²) >= 11 is 0. The summed E-state index contributed by atoms with van der Waals surface area (Å²) in [4.78, 5) is 24.1. The molecule has 1 amide bonds. The summed E-state index contributed by atoms with van der Waals surface area (Å²) in [7, 11) is 0. The van der Waals surface area contributed by atoms with Gasteiger partial charge in [0.25, 0.3) is 0 Å². The number of likely N-dealkylation sites (tertiary alicyclic amines) is 1. The van der Waals surface area contributed by atoms with Gasteiger partial charge in [-0.3, -0.25) is 9.59 Å². The first-order valence-electron chi connectivity index (χ1n) is 5.30. The average Bonchev–Trinajstić information content (AvgIpc) is 2.47. The molecule has 0 aromatic heterocycles. The molecule has 1 unspecified atom stereocenters. The molecule has 15 heavy (non-hydrogen) atoms. The molecule has 1 aliphatic heterocycles. The van der Waals surface area contributed by atoms with Crippen LogP contribution in [0, 0.1) is 11.3 Å². The number of hydrogen-bond acceptors (Lipinski definition) is 2. The molecular weight excluding hydrogens is 194 g/mol. The van der Waals surface area contributed by atoms with E-state index in [0.29, 0.717) is 25.9 Å². The monoisotopic (exact) mass is 213 g/mol. The minimum atomic E-state index is -0.791. The van der Waals surface area contributed by atoms with Crippen molar-refractivity contribution in [3.8, 4) is 0 Å². The number of nitrogens with zero attached hydrogens (tertiary/aromatic N) is 1. The lowest BCUT2D eigenvalue weighted by Crippen LogP contribution is -2.32. The van der Waals surface area contributed by atoms with Crippen LogP contribution in [-0.4, -0.2) is 35.0 Å². The van der Waals surface area contributed by atoms with E-state index in [-0.39, 0.29) is 17.2 Å². The third-order valence-corrected chi connectivity index (χ3v) is 2.57. The van der Waals surface area contributed by atoms with E-state index in [1.54, 1.807) is 4.90 Å². The van der Waals surface area contributed by atoms with Crippen LogP contribution >= 0.6 is 0 Å². The number of aliphatic carboxylic acids is 1. The third kappa shape index (κ3) is 3.53. The van der Waals surface area contributed by atoms with Crippen molar-refractivity contribution in [3.63, 3.8) is 0 Å². The number of hydrogen-bond donors (Lipinski definition) is 1. The van der Waals surface area contributed by atoms with E-state index in [1.165, 1.54) is 0 Å². The van der Waals surface area contributed by atoms with Crippen LogP contribution in [0.15, 0.2) is 0 Å². The lowest BCUT2D eigenvalue weighted by atomic mass is 9.92. The van der Waals surface area contributed by atoms with Crippen LogP contribution in [0.4, 0.5) is 0 Å². The van der Waals surface area contributed by atoms with Gasteiger partial charge in [-0.25, -0.2) is 0 Å². The SMILES string of the molecule is CC(C)(C)CC(=O)N1CCC(C(=O)O)C1. The average molecular weight is 213 g/mol. The topological polar surface area (TPSA) is 57.6 Å². The Hall–Kier alpha value is -1.06. The number of carboxylic acid groups (broad SMARTS) is 1. The summed E-state index contributed by atoms with van der Waals surface area (Å²) in [6.45, 7) is 7.00. The molecular formula is C11H19NO3. The molecule has 1 heterocycles. The van der Waals surface area contributed by atoms with E-state index in [1.807, 2.05) is 20.8 Å². The van der Waals surface area contributed by atoms with Crippen LogP contribution in [0.1, 0.15) is 33.6 Å². The minimum absolute atomic E-state index is 0.0294. The fourth-order valence-corrected chi connectivity index (χ4v) is 1.75. The summed E-state index contributed by atoms with van der Waals surface area (Å²) in [5, 5.41) is 8.81. The summed E-state index contributed by atoms with van der Waals surface area (Å²) < 4.78 is 0. The van der Waals surface area contributed by atoms with Gasteiger partial charge in [0.2, 0.25) is 5.91 Å². The highest BCUT2D eigenvalue weighted by Crippen LogP contribution is 2.23. The van der Waals surface area contributed by atoms with Crippen LogP contribution in [0.25, 0.3) is 0 Å². The largest absolute Gasteiger partial charge is 0.481 e. The van der Waals surface area contributed by atoms with E-state index < -0.39 is 5.97 Å². The van der Waals surface area contributed by atoms with Gasteiger partial charge in [0.05, 0.1) is 5.92 Å². The number of carbonyl (C=O) groups is 2. The highest BCUT2D eigenvalue weighted by Gasteiger charge is 2.31. The quantitative estimate of drug-likeness (QED) is 0.753. The number of rotatable bonds is 2. The summed E-state index contributed by atoms with van der Waals surface area (Å²) in [5.41, 5.74) is -0.0294. The molecule has 1 N–H and O–H groups in total. The van der Waals surface area contributed by atoms with Crippen molar-refractivity contribution in [2.24, 2.45) is 11.3 Å². The van der Waals surface area contributed by atoms with Crippen LogP contribution < -0.4 is 0 Å². The Labute approximate surface area is 90.3 Å². The molecule has 4 nitrogen and oxygen atoms in total. The van der Waals surface area contributed by atoms with Crippen molar-refractivity contribution in [1.82, 2.24) is 4.90 Å². The smallest absolute Gasteiger partial charge is 0.308 e. The number of carboxylic acids is 1. The lowest BCUT2D eigenvalue weighted by molar-refractivity contribution is -0.141. The molecule has 0 bridgehead atoms. The fraction of sp³-hybridized carbons (Fsp3) is 0.818. The highest BCUT2D eigenvalue weighted by molar-refractivity contribution is 5.79. The number of carbonyl (C=O) groups excluding carboxylic acids is 1. The first-order chi connectivity index (χ1) is 6.79. The summed E-state index contributed by atoms with van der Waals surface area (Å²) in [6.07, 6.45) is 1.07. The molecule has 1 atom stereocenters. The molecule has 0 saturated carbocycles. The zero-order valence-corrected chi connectivity index (χ0v) is 9.62. The van der Waals surface area contributed by atoms with Crippen LogP contribution in [0.2, 0.25) is 0 Å². The molecule has 4 heteroatoms. The van der Waals surface area contributed by atoms with Gasteiger partial charge in [-0.05, 0) is 11.8 Å². The van der Waals surface area contributed by atoms with E-state index in [9.17, 15) is 9.59 Å². The van der Waals surface area contributed by atoms with Gasteiger partial charge in [0.1, 0.15) is 0 Å². The standard InChI is InChI=1S/C11H19NO3/c1-11(2,3)6-9(13)12-5-4-8(7-12)10(14)15/h8H,4-7H2,1-3H3,(H,14,15). The zero-order valence-electron chi connectivity index (χ0n) is 9.62. The first kappa shape index (κ1) is 12.0. The van der Waals surface area contributed by atoms with Crippen molar-refractivity contribution < 1.29 is 14.7 Å². The Kier molecular flexibility index (Phi) is 3.37. The Morgan fingerprint density at radius 3 is 2.40 bits per heavy atom. The minimum Gasteiger partial charge on any atom is -0.481 e. The van der Waals surface area contributed by atoms with Crippen molar-refractivity contribution in [2.45, 2.75) is 33.6 Å². The second-order valence-electron chi connectivity index (χ2n) is 5.40. The molecule has 1 fully saturated rings. The Bertz CT molecular complexity index is 267. The second-order valence-corrected chi connectivity index (χ2v) is 5.40. The molecule has 0 aromatic carbocycles. The lowest BCUT2D eigenvalue weighted by Gasteiger charge is -2.22. The third-order valence-electron chi connectivity index (χ3n) is 2.57. The van der Waals surface area contributed by atoms with Crippen LogP contribution in [0.5, 0.6) is 0 Å². The molecule has 1 rings (SSSR count). The Balaban J connectivity index is 2.47. The van der Waals surface area contributed by atoms with E-state index in [0.717, 1.165) is 0 Å². The van der Waals surface area contributed by atoms with Gasteiger partial charge in [0.15, 0.2) is 0 Å². The van der Waals surface area contributed by atoms with E-state index in [2.05, 4.69) is 0 Å². The predicted octanol–water partition coefficient (Wildman–Crippen LogP) is 1.36.